The van der Waals surface area contributed by atoms with Crippen LogP contribution in [0.15, 0.2) is 59.4 Å². The molecule has 5 aromatic rings. The van der Waals surface area contributed by atoms with Gasteiger partial charge in [-0.2, -0.15) is 0 Å². The average Bonchev–Trinajstić information content (AvgIpc) is 3.71. The minimum Gasteiger partial charge on any atom is -0.342 e. The Morgan fingerprint density at radius 2 is 1.63 bits per heavy atom. The first-order chi connectivity index (χ1) is 21.8. The number of nitrogens with zero attached hydrogens (tertiary/aromatic N) is 2. The molecule has 2 fully saturated rings. The first-order valence-corrected chi connectivity index (χ1v) is 16.0. The van der Waals surface area contributed by atoms with Crippen molar-refractivity contribution in [1.82, 2.24) is 19.9 Å². The molecule has 0 spiro atoms. The second-order valence-corrected chi connectivity index (χ2v) is 12.9. The number of aromatic nitrogens is 4. The number of nitrogens with two attached hydrogens (primary N) is 2. The van der Waals surface area contributed by atoms with Crippen LogP contribution in [0.2, 0.25) is 5.02 Å². The van der Waals surface area contributed by atoms with Crippen LogP contribution in [0.1, 0.15) is 55.8 Å². The first kappa shape index (κ1) is 32.0. The van der Waals surface area contributed by atoms with Crippen molar-refractivity contribution >= 4 is 63.6 Å². The van der Waals surface area contributed by atoms with Gasteiger partial charge in [0.05, 0.1) is 38.8 Å². The van der Waals surface area contributed by atoms with Gasteiger partial charge in [0.25, 0.3) is 5.91 Å². The third kappa shape index (κ3) is 6.35. The van der Waals surface area contributed by atoms with Crippen LogP contribution >= 0.6 is 24.0 Å². The average molecular weight is 663 g/mol. The number of fused-ring (bicyclic) bond motifs is 2. The minimum atomic E-state index is -0.967. The van der Waals surface area contributed by atoms with E-state index in [-0.39, 0.29) is 36.3 Å². The lowest BCUT2D eigenvalue weighted by Gasteiger charge is -2.32. The number of imidazole rings is 2. The highest BCUT2D eigenvalue weighted by molar-refractivity contribution is 6.34. The molecular formula is C34H37Cl2N7O3. The number of carbonyl (C=O) groups excluding carboxylic acids is 2. The molecule has 2 heterocycles. The molecule has 12 heteroatoms. The predicted molar refractivity (Wildman–Crippen MR) is 183 cm³/mol. The number of carbonyl (C=O) groups is 2. The van der Waals surface area contributed by atoms with Crippen LogP contribution in [0.4, 0.5) is 5.69 Å². The van der Waals surface area contributed by atoms with Gasteiger partial charge in [-0.25, -0.2) is 14.7 Å². The maximum atomic E-state index is 14.0. The number of hydrogen-bond donors (Lipinski definition) is 5. The fourth-order valence-corrected chi connectivity index (χ4v) is 6.77. The van der Waals surface area contributed by atoms with E-state index >= 15 is 0 Å². The molecule has 0 saturated heterocycles. The van der Waals surface area contributed by atoms with Crippen molar-refractivity contribution < 1.29 is 9.59 Å². The quantitative estimate of drug-likeness (QED) is 0.146. The molecule has 0 radical (unpaired) electrons. The zero-order valence-corrected chi connectivity index (χ0v) is 26.8. The zero-order chi connectivity index (χ0) is 31.2. The second-order valence-electron chi connectivity index (χ2n) is 12.5. The van der Waals surface area contributed by atoms with Crippen LogP contribution in [0.25, 0.3) is 33.2 Å². The van der Waals surface area contributed by atoms with Gasteiger partial charge in [-0.3, -0.25) is 9.59 Å². The molecule has 0 aliphatic heterocycles. The highest BCUT2D eigenvalue weighted by Gasteiger charge is 2.35. The number of H-pyrrole nitrogens is 3. The van der Waals surface area contributed by atoms with Crippen molar-refractivity contribution in [2.45, 2.75) is 56.9 Å². The molecule has 2 aliphatic carbocycles. The Morgan fingerprint density at radius 1 is 0.913 bits per heavy atom. The van der Waals surface area contributed by atoms with Crippen LogP contribution in [0.5, 0.6) is 0 Å². The number of nitrogens with one attached hydrogen (secondary N) is 3. The summed E-state index contributed by atoms with van der Waals surface area (Å²) in [6.45, 7) is 0.593. The Labute approximate surface area is 276 Å². The Morgan fingerprint density at radius 3 is 2.33 bits per heavy atom. The van der Waals surface area contributed by atoms with Crippen LogP contribution in [-0.2, 0) is 16.0 Å². The first-order valence-electron chi connectivity index (χ1n) is 15.6. The lowest BCUT2D eigenvalue weighted by molar-refractivity contribution is -0.130. The summed E-state index contributed by atoms with van der Waals surface area (Å²) in [7, 11) is 0. The molecule has 7 N–H and O–H groups in total. The van der Waals surface area contributed by atoms with Gasteiger partial charge in [-0.15, -0.1) is 12.4 Å². The maximum Gasteiger partial charge on any atom is 0.323 e. The number of hydrogen-bond acceptors (Lipinski definition) is 6. The van der Waals surface area contributed by atoms with Gasteiger partial charge in [-0.05, 0) is 98.9 Å². The zero-order valence-electron chi connectivity index (χ0n) is 25.2. The molecule has 46 heavy (non-hydrogen) atoms. The summed E-state index contributed by atoms with van der Waals surface area (Å²) in [4.78, 5) is 54.5. The van der Waals surface area contributed by atoms with E-state index in [0.717, 1.165) is 59.2 Å². The summed E-state index contributed by atoms with van der Waals surface area (Å²) >= 11 is 6.67. The number of anilines is 1. The summed E-state index contributed by atoms with van der Waals surface area (Å²) in [6.07, 6.45) is 5.59. The smallest absolute Gasteiger partial charge is 0.323 e. The lowest BCUT2D eigenvalue weighted by atomic mass is 9.81. The lowest BCUT2D eigenvalue weighted by Crippen LogP contribution is -2.50. The fraction of sp³-hybridized carbons (Fsp3) is 0.353. The summed E-state index contributed by atoms with van der Waals surface area (Å²) in [5.74, 6) is 0.864. The standard InChI is InChI=1S/C34H36ClN7O3.ClH/c35-25-16-30-29(38-31(39-30)21-9-10-21)15-24(25)20-5-1-18(2-6-20)13-26(37)33(44)42(32(43)22-7-3-19(17-36)4-8-22)23-11-12-27-28(14-23)41-34(45)40-27;/h1-2,5-6,11-12,14-16,19,21-22,26H,3-4,7-10,13,17,36-37H2,(H,38,39)(H2,40,41,45);1H/t19?,22?,26-;/m0./s1. The van der Waals surface area contributed by atoms with E-state index in [9.17, 15) is 14.4 Å². The van der Waals surface area contributed by atoms with Crippen molar-refractivity contribution in [3.63, 3.8) is 0 Å². The van der Waals surface area contributed by atoms with Crippen LogP contribution in [-0.4, -0.2) is 44.3 Å². The molecular weight excluding hydrogens is 625 g/mol. The number of benzene rings is 3. The van der Waals surface area contributed by atoms with E-state index in [1.165, 1.54) is 4.90 Å². The van der Waals surface area contributed by atoms with E-state index < -0.39 is 11.9 Å². The summed E-state index contributed by atoms with van der Waals surface area (Å²) < 4.78 is 0. The van der Waals surface area contributed by atoms with Crippen LogP contribution in [0.3, 0.4) is 0 Å². The van der Waals surface area contributed by atoms with Gasteiger partial charge in [-0.1, -0.05) is 35.9 Å². The SMILES string of the molecule is Cl.NCC1CCC(C(=O)N(C(=O)[C@@H](N)Cc2ccc(-c3cc4nc(C5CC5)[nH]c4cc3Cl)cc2)c2ccc3[nH]c(=O)[nH]c3c2)CC1. The largest absolute Gasteiger partial charge is 0.342 e. The molecule has 1 atom stereocenters. The minimum absolute atomic E-state index is 0. The number of halogens is 2. The molecule has 2 aliphatic rings. The van der Waals surface area contributed by atoms with Crippen molar-refractivity contribution in [1.29, 1.82) is 0 Å². The van der Waals surface area contributed by atoms with Gasteiger partial charge in [0.2, 0.25) is 5.91 Å². The van der Waals surface area contributed by atoms with Gasteiger partial charge in [0, 0.05) is 17.4 Å². The maximum absolute atomic E-state index is 14.0. The Bertz CT molecular complexity index is 1950. The molecule has 2 saturated carbocycles. The van der Waals surface area contributed by atoms with Gasteiger partial charge < -0.3 is 26.4 Å². The molecule has 0 bridgehead atoms. The van der Waals surface area contributed by atoms with Crippen LogP contribution in [0, 0.1) is 11.8 Å². The monoisotopic (exact) mass is 661 g/mol. The van der Waals surface area contributed by atoms with Crippen molar-refractivity contribution in [2.24, 2.45) is 23.3 Å². The molecule has 7 rings (SSSR count). The molecule has 3 aromatic carbocycles. The number of imide groups is 1. The number of aromatic amines is 3. The van der Waals surface area contributed by atoms with E-state index in [0.29, 0.717) is 53.0 Å². The fourth-order valence-electron chi connectivity index (χ4n) is 6.50. The second kappa shape index (κ2) is 13.0. The highest BCUT2D eigenvalue weighted by atomic mass is 35.5. The van der Waals surface area contributed by atoms with Crippen molar-refractivity contribution in [3.8, 4) is 11.1 Å². The van der Waals surface area contributed by atoms with Gasteiger partial charge in [0.15, 0.2) is 0 Å². The number of rotatable bonds is 8. The molecule has 240 valence electrons. The molecule has 2 amide bonds. The summed E-state index contributed by atoms with van der Waals surface area (Å²) in [6, 6.07) is 15.7. The van der Waals surface area contributed by atoms with E-state index in [2.05, 4.69) is 15.0 Å². The normalized spacial score (nSPS) is 18.8. The Kier molecular flexibility index (Phi) is 9.07. The van der Waals surface area contributed by atoms with Crippen molar-refractivity contribution in [3.05, 3.63) is 81.5 Å². The van der Waals surface area contributed by atoms with E-state index in [4.69, 9.17) is 28.1 Å². The highest BCUT2D eigenvalue weighted by Crippen LogP contribution is 2.40. The third-order valence-corrected chi connectivity index (χ3v) is 9.63. The number of amides is 2. The molecule has 10 nitrogen and oxygen atoms in total. The molecule has 2 aromatic heterocycles. The Balaban J connectivity index is 0.00000372. The van der Waals surface area contributed by atoms with E-state index in [1.807, 2.05) is 36.4 Å². The summed E-state index contributed by atoms with van der Waals surface area (Å²) in [5, 5.41) is 0.628. The van der Waals surface area contributed by atoms with Gasteiger partial charge in [0.1, 0.15) is 5.82 Å². The van der Waals surface area contributed by atoms with E-state index in [1.54, 1.807) is 18.2 Å². The summed E-state index contributed by atoms with van der Waals surface area (Å²) in [5.41, 5.74) is 18.0. The van der Waals surface area contributed by atoms with Gasteiger partial charge >= 0.3 is 5.69 Å². The topological polar surface area (TPSA) is 167 Å². The van der Waals surface area contributed by atoms with Crippen LogP contribution < -0.4 is 22.1 Å². The predicted octanol–water partition coefficient (Wildman–Crippen LogP) is 5.55. The van der Waals surface area contributed by atoms with Crippen molar-refractivity contribution in [2.75, 3.05) is 11.4 Å². The Hall–Kier alpha value is -3.96. The third-order valence-electron chi connectivity index (χ3n) is 9.32. The molecule has 0 unspecified atom stereocenters.